The molecule has 0 atom stereocenters. The van der Waals surface area contributed by atoms with E-state index in [1.807, 2.05) is 6.20 Å². The van der Waals surface area contributed by atoms with Crippen LogP contribution in [0.5, 0.6) is 0 Å². The monoisotopic (exact) mass is 457 g/mol. The molecule has 32 heavy (non-hydrogen) atoms. The van der Waals surface area contributed by atoms with E-state index in [0.717, 1.165) is 37.2 Å². The normalized spacial score (nSPS) is 19.8. The standard InChI is InChI=1S/C22H27N5O4S/c28-21(17-3-5-19(6-4-17)32(29,30)27-8-1-2-9-27)26-10-7-18-15-23-22(24-20(18)16-26)25-11-13-31-14-12-25/h3-6,15H,1-2,7-14,16H2. The van der Waals surface area contributed by atoms with Gasteiger partial charge in [-0.3, -0.25) is 4.79 Å². The maximum Gasteiger partial charge on any atom is 0.254 e. The molecule has 2 saturated heterocycles. The van der Waals surface area contributed by atoms with Gasteiger partial charge in [0.15, 0.2) is 0 Å². The van der Waals surface area contributed by atoms with Gasteiger partial charge in [-0.15, -0.1) is 0 Å². The van der Waals surface area contributed by atoms with Gasteiger partial charge in [-0.1, -0.05) is 0 Å². The Labute approximate surface area is 188 Å². The number of hydrogen-bond acceptors (Lipinski definition) is 7. The SMILES string of the molecule is O=C(c1ccc(S(=O)(=O)N2CCCC2)cc1)N1CCc2cnc(N3CCOCC3)nc2C1. The third kappa shape index (κ3) is 4.10. The molecule has 1 aromatic carbocycles. The zero-order valence-corrected chi connectivity index (χ0v) is 18.8. The fraction of sp³-hybridized carbons (Fsp3) is 0.500. The third-order valence-electron chi connectivity index (χ3n) is 6.32. The summed E-state index contributed by atoms with van der Waals surface area (Å²) in [7, 11) is -3.48. The highest BCUT2D eigenvalue weighted by Gasteiger charge is 2.28. The summed E-state index contributed by atoms with van der Waals surface area (Å²) < 4.78 is 32.4. The van der Waals surface area contributed by atoms with Crippen LogP contribution < -0.4 is 4.90 Å². The molecule has 9 nitrogen and oxygen atoms in total. The number of aromatic nitrogens is 2. The Morgan fingerprint density at radius 1 is 0.969 bits per heavy atom. The highest BCUT2D eigenvalue weighted by atomic mass is 32.2. The Bertz CT molecular complexity index is 1090. The van der Waals surface area contributed by atoms with Gasteiger partial charge in [-0.25, -0.2) is 18.4 Å². The Balaban J connectivity index is 1.30. The summed E-state index contributed by atoms with van der Waals surface area (Å²) in [6.45, 7) is 4.96. The highest BCUT2D eigenvalue weighted by molar-refractivity contribution is 7.89. The molecule has 4 heterocycles. The average Bonchev–Trinajstić information content (AvgIpc) is 3.40. The van der Waals surface area contributed by atoms with Crippen LogP contribution >= 0.6 is 0 Å². The van der Waals surface area contributed by atoms with Gasteiger partial charge >= 0.3 is 0 Å². The second-order valence-electron chi connectivity index (χ2n) is 8.35. The highest BCUT2D eigenvalue weighted by Crippen LogP contribution is 2.24. The van der Waals surface area contributed by atoms with Crippen molar-refractivity contribution < 1.29 is 17.9 Å². The van der Waals surface area contributed by atoms with Crippen molar-refractivity contribution in [3.63, 3.8) is 0 Å². The van der Waals surface area contributed by atoms with E-state index in [9.17, 15) is 13.2 Å². The van der Waals surface area contributed by atoms with Crippen molar-refractivity contribution in [2.75, 3.05) is 50.8 Å². The van der Waals surface area contributed by atoms with Gasteiger partial charge in [0.25, 0.3) is 5.91 Å². The zero-order valence-electron chi connectivity index (χ0n) is 17.9. The number of hydrogen-bond donors (Lipinski definition) is 0. The van der Waals surface area contributed by atoms with Gasteiger partial charge in [0, 0.05) is 44.5 Å². The first-order valence-corrected chi connectivity index (χ1v) is 12.5. The largest absolute Gasteiger partial charge is 0.378 e. The maximum absolute atomic E-state index is 13.1. The van der Waals surface area contributed by atoms with E-state index >= 15 is 0 Å². The summed E-state index contributed by atoms with van der Waals surface area (Å²) in [4.78, 5) is 26.5. The van der Waals surface area contributed by atoms with Crippen molar-refractivity contribution in [2.45, 2.75) is 30.7 Å². The van der Waals surface area contributed by atoms with Crippen LogP contribution in [-0.2, 0) is 27.7 Å². The number of morpholine rings is 1. The molecule has 2 aromatic rings. The summed E-state index contributed by atoms with van der Waals surface area (Å²) in [6.07, 6.45) is 4.35. The summed E-state index contributed by atoms with van der Waals surface area (Å²) in [6, 6.07) is 6.30. The molecule has 10 heteroatoms. The minimum Gasteiger partial charge on any atom is -0.378 e. The van der Waals surface area contributed by atoms with Gasteiger partial charge < -0.3 is 14.5 Å². The van der Waals surface area contributed by atoms with Crippen LogP contribution in [0.3, 0.4) is 0 Å². The Morgan fingerprint density at radius 3 is 2.41 bits per heavy atom. The molecule has 0 N–H and O–H groups in total. The predicted molar refractivity (Wildman–Crippen MR) is 118 cm³/mol. The van der Waals surface area contributed by atoms with Crippen LogP contribution in [0.4, 0.5) is 5.95 Å². The van der Waals surface area contributed by atoms with Crippen molar-refractivity contribution in [2.24, 2.45) is 0 Å². The molecule has 0 spiro atoms. The molecular weight excluding hydrogens is 430 g/mol. The van der Waals surface area contributed by atoms with Crippen molar-refractivity contribution in [1.82, 2.24) is 19.2 Å². The molecule has 170 valence electrons. The quantitative estimate of drug-likeness (QED) is 0.683. The fourth-order valence-electron chi connectivity index (χ4n) is 4.41. The molecular formula is C22H27N5O4S. The number of benzene rings is 1. The Morgan fingerprint density at radius 2 is 1.69 bits per heavy atom. The summed E-state index contributed by atoms with van der Waals surface area (Å²) >= 11 is 0. The maximum atomic E-state index is 13.1. The van der Waals surface area contributed by atoms with E-state index in [1.54, 1.807) is 17.0 Å². The van der Waals surface area contributed by atoms with Crippen molar-refractivity contribution in [1.29, 1.82) is 0 Å². The number of amides is 1. The second-order valence-corrected chi connectivity index (χ2v) is 10.3. The van der Waals surface area contributed by atoms with Crippen LogP contribution in [0, 0.1) is 0 Å². The first-order valence-electron chi connectivity index (χ1n) is 11.1. The fourth-order valence-corrected chi connectivity index (χ4v) is 5.93. The first-order chi connectivity index (χ1) is 15.5. The molecule has 0 unspecified atom stereocenters. The Kier molecular flexibility index (Phi) is 5.83. The van der Waals surface area contributed by atoms with Crippen LogP contribution in [0.1, 0.15) is 34.5 Å². The molecule has 5 rings (SSSR count). The molecule has 3 aliphatic rings. The number of rotatable bonds is 4. The smallest absolute Gasteiger partial charge is 0.254 e. The van der Waals surface area contributed by atoms with Gasteiger partial charge in [-0.05, 0) is 49.1 Å². The van der Waals surface area contributed by atoms with Gasteiger partial charge in [0.2, 0.25) is 16.0 Å². The topological polar surface area (TPSA) is 95.9 Å². The third-order valence-corrected chi connectivity index (χ3v) is 8.23. The molecule has 0 aliphatic carbocycles. The van der Waals surface area contributed by atoms with E-state index in [1.165, 1.54) is 16.4 Å². The number of carbonyl (C=O) groups is 1. The van der Waals surface area contributed by atoms with Crippen molar-refractivity contribution >= 4 is 21.9 Å². The van der Waals surface area contributed by atoms with E-state index in [-0.39, 0.29) is 10.8 Å². The summed E-state index contributed by atoms with van der Waals surface area (Å²) in [5, 5.41) is 0. The van der Waals surface area contributed by atoms with Crippen LogP contribution in [0.2, 0.25) is 0 Å². The number of carbonyl (C=O) groups excluding carboxylic acids is 1. The minimum atomic E-state index is -3.48. The number of fused-ring (bicyclic) bond motifs is 1. The van der Waals surface area contributed by atoms with Crippen LogP contribution in [0.25, 0.3) is 0 Å². The van der Waals surface area contributed by atoms with E-state index < -0.39 is 10.0 Å². The predicted octanol–water partition coefficient (Wildman–Crippen LogP) is 1.30. The molecule has 2 fully saturated rings. The van der Waals surface area contributed by atoms with Crippen molar-refractivity contribution in [3.8, 4) is 0 Å². The summed E-state index contributed by atoms with van der Waals surface area (Å²) in [5.74, 6) is 0.560. The minimum absolute atomic E-state index is 0.118. The zero-order chi connectivity index (χ0) is 22.1. The second kappa shape index (κ2) is 8.76. The lowest BCUT2D eigenvalue weighted by molar-refractivity contribution is 0.0731. The van der Waals surface area contributed by atoms with Gasteiger partial charge in [-0.2, -0.15) is 4.31 Å². The van der Waals surface area contributed by atoms with Crippen molar-refractivity contribution in [3.05, 3.63) is 47.3 Å². The number of sulfonamides is 1. The molecule has 1 amide bonds. The molecule has 3 aliphatic heterocycles. The molecule has 1 aromatic heterocycles. The number of anilines is 1. The molecule has 0 bridgehead atoms. The van der Waals surface area contributed by atoms with Crippen LogP contribution in [0.15, 0.2) is 35.4 Å². The lowest BCUT2D eigenvalue weighted by atomic mass is 10.1. The molecule has 0 radical (unpaired) electrons. The number of nitrogens with zero attached hydrogens (tertiary/aromatic N) is 5. The first kappa shape index (κ1) is 21.3. The lowest BCUT2D eigenvalue weighted by Gasteiger charge is -2.30. The van der Waals surface area contributed by atoms with E-state index in [0.29, 0.717) is 57.3 Å². The van der Waals surface area contributed by atoms with Gasteiger partial charge in [0.05, 0.1) is 30.3 Å². The van der Waals surface area contributed by atoms with Crippen LogP contribution in [-0.4, -0.2) is 79.4 Å². The molecule has 0 saturated carbocycles. The Hall–Kier alpha value is -2.56. The van der Waals surface area contributed by atoms with E-state index in [4.69, 9.17) is 9.72 Å². The summed E-state index contributed by atoms with van der Waals surface area (Å²) in [5.41, 5.74) is 2.42. The number of ether oxygens (including phenoxy) is 1. The van der Waals surface area contributed by atoms with Gasteiger partial charge in [0.1, 0.15) is 0 Å². The lowest BCUT2D eigenvalue weighted by Crippen LogP contribution is -2.39. The van der Waals surface area contributed by atoms with E-state index in [2.05, 4.69) is 9.88 Å². The average molecular weight is 458 g/mol.